The van der Waals surface area contributed by atoms with Crippen molar-refractivity contribution >= 4 is 17.5 Å². The second-order valence-electron chi connectivity index (χ2n) is 4.54. The topological polar surface area (TPSA) is 40.5 Å². The zero-order valence-electron chi connectivity index (χ0n) is 9.90. The Labute approximate surface area is 110 Å². The van der Waals surface area contributed by atoms with E-state index in [1.54, 1.807) is 4.90 Å². The lowest BCUT2D eigenvalue weighted by Crippen LogP contribution is -2.39. The van der Waals surface area contributed by atoms with E-state index in [1.165, 1.54) is 12.1 Å². The molecule has 1 aliphatic heterocycles. The third-order valence-electron chi connectivity index (χ3n) is 3.32. The van der Waals surface area contributed by atoms with Crippen molar-refractivity contribution in [2.45, 2.75) is 12.8 Å². The van der Waals surface area contributed by atoms with Crippen molar-refractivity contribution in [1.29, 1.82) is 0 Å². The molecule has 98 valence electrons. The van der Waals surface area contributed by atoms with Crippen LogP contribution in [0.15, 0.2) is 18.2 Å². The highest BCUT2D eigenvalue weighted by atomic mass is 35.5. The molecule has 0 unspecified atom stereocenters. The molecule has 0 radical (unpaired) electrons. The zero-order chi connectivity index (χ0) is 13.1. The third-order valence-corrected chi connectivity index (χ3v) is 3.63. The Kier molecular flexibility index (Phi) is 4.19. The lowest BCUT2D eigenvalue weighted by atomic mass is 9.97. The Morgan fingerprint density at radius 1 is 1.44 bits per heavy atom. The van der Waals surface area contributed by atoms with Gasteiger partial charge in [-0.25, -0.2) is 4.39 Å². The van der Waals surface area contributed by atoms with Crippen molar-refractivity contribution < 1.29 is 14.3 Å². The summed E-state index contributed by atoms with van der Waals surface area (Å²) in [6.07, 6.45) is 1.59. The Morgan fingerprint density at radius 2 is 2.11 bits per heavy atom. The monoisotopic (exact) mass is 271 g/mol. The average molecular weight is 272 g/mol. The number of hydrogen-bond acceptors (Lipinski definition) is 2. The van der Waals surface area contributed by atoms with Crippen molar-refractivity contribution in [3.8, 4) is 0 Å². The number of carbonyl (C=O) groups excluding carboxylic acids is 1. The number of benzene rings is 1. The van der Waals surface area contributed by atoms with Crippen molar-refractivity contribution in [3.63, 3.8) is 0 Å². The second kappa shape index (κ2) is 5.67. The molecule has 1 aromatic carbocycles. The molecule has 3 nitrogen and oxygen atoms in total. The predicted molar refractivity (Wildman–Crippen MR) is 67.1 cm³/mol. The van der Waals surface area contributed by atoms with Crippen LogP contribution in [-0.2, 0) is 0 Å². The van der Waals surface area contributed by atoms with Gasteiger partial charge < -0.3 is 10.0 Å². The number of carbonyl (C=O) groups is 1. The number of rotatable bonds is 2. The first kappa shape index (κ1) is 13.3. The van der Waals surface area contributed by atoms with E-state index in [1.807, 2.05) is 0 Å². The van der Waals surface area contributed by atoms with Crippen LogP contribution in [0.1, 0.15) is 23.2 Å². The molecule has 0 aromatic heterocycles. The number of likely N-dealkylation sites (tertiary alicyclic amines) is 1. The lowest BCUT2D eigenvalue weighted by Gasteiger charge is -2.31. The number of hydrogen-bond donors (Lipinski definition) is 1. The summed E-state index contributed by atoms with van der Waals surface area (Å²) in [4.78, 5) is 13.9. The van der Waals surface area contributed by atoms with Crippen LogP contribution < -0.4 is 0 Å². The molecule has 0 spiro atoms. The van der Waals surface area contributed by atoms with E-state index >= 15 is 0 Å². The Morgan fingerprint density at radius 3 is 2.67 bits per heavy atom. The summed E-state index contributed by atoms with van der Waals surface area (Å²) in [5, 5.41) is 9.18. The normalized spacial score (nSPS) is 16.9. The minimum absolute atomic E-state index is 0.143. The van der Waals surface area contributed by atoms with Gasteiger partial charge >= 0.3 is 0 Å². The number of nitrogens with zero attached hydrogens (tertiary/aromatic N) is 1. The van der Waals surface area contributed by atoms with Gasteiger partial charge in [-0.1, -0.05) is 11.6 Å². The number of aliphatic hydroxyl groups is 1. The Balaban J connectivity index is 2.08. The molecule has 0 saturated carbocycles. The van der Waals surface area contributed by atoms with Gasteiger partial charge in [-0.2, -0.15) is 0 Å². The van der Waals surface area contributed by atoms with Crippen molar-refractivity contribution in [3.05, 3.63) is 34.6 Å². The minimum atomic E-state index is -0.449. The Hall–Kier alpha value is -1.13. The molecule has 0 aliphatic carbocycles. The summed E-state index contributed by atoms with van der Waals surface area (Å²) in [6.45, 7) is 1.38. The first-order valence-electron chi connectivity index (χ1n) is 5.97. The van der Waals surface area contributed by atoms with E-state index in [0.29, 0.717) is 18.7 Å². The molecule has 1 amide bonds. The molecule has 5 heteroatoms. The maximum absolute atomic E-state index is 12.9. The molecule has 0 bridgehead atoms. The minimum Gasteiger partial charge on any atom is -0.396 e. The number of amides is 1. The van der Waals surface area contributed by atoms with E-state index in [4.69, 9.17) is 16.7 Å². The molecule has 1 saturated heterocycles. The third kappa shape index (κ3) is 2.82. The molecule has 2 rings (SSSR count). The van der Waals surface area contributed by atoms with Crippen LogP contribution in [0, 0.1) is 11.7 Å². The van der Waals surface area contributed by atoms with E-state index in [2.05, 4.69) is 0 Å². The largest absolute Gasteiger partial charge is 0.396 e. The van der Waals surface area contributed by atoms with Gasteiger partial charge in [0, 0.05) is 19.7 Å². The highest BCUT2D eigenvalue weighted by Crippen LogP contribution is 2.22. The molecule has 1 fully saturated rings. The fourth-order valence-electron chi connectivity index (χ4n) is 2.15. The smallest absolute Gasteiger partial charge is 0.255 e. The molecule has 1 heterocycles. The van der Waals surface area contributed by atoms with Crippen molar-refractivity contribution in [2.24, 2.45) is 5.92 Å². The quantitative estimate of drug-likeness (QED) is 0.897. The molecular weight excluding hydrogens is 257 g/mol. The van der Waals surface area contributed by atoms with Gasteiger partial charge in [0.15, 0.2) is 0 Å². The van der Waals surface area contributed by atoms with Crippen LogP contribution in [0.5, 0.6) is 0 Å². The summed E-state index contributed by atoms with van der Waals surface area (Å²) in [6, 6.07) is 3.80. The second-order valence-corrected chi connectivity index (χ2v) is 4.95. The lowest BCUT2D eigenvalue weighted by molar-refractivity contribution is 0.0651. The van der Waals surface area contributed by atoms with Gasteiger partial charge in [0.1, 0.15) is 5.82 Å². The van der Waals surface area contributed by atoms with E-state index in [-0.39, 0.29) is 23.5 Å². The van der Waals surface area contributed by atoms with Crippen LogP contribution >= 0.6 is 11.6 Å². The van der Waals surface area contributed by atoms with Crippen LogP contribution in [-0.4, -0.2) is 35.6 Å². The molecule has 1 aliphatic rings. The summed E-state index contributed by atoms with van der Waals surface area (Å²) in [5.41, 5.74) is 0.334. The molecule has 1 aromatic rings. The SMILES string of the molecule is O=C(c1ccc(F)cc1Cl)N1CCC(CO)CC1. The van der Waals surface area contributed by atoms with Gasteiger partial charge in [0.2, 0.25) is 0 Å². The van der Waals surface area contributed by atoms with Gasteiger partial charge in [0.25, 0.3) is 5.91 Å². The fourth-order valence-corrected chi connectivity index (χ4v) is 2.40. The summed E-state index contributed by atoms with van der Waals surface area (Å²) < 4.78 is 12.9. The highest BCUT2D eigenvalue weighted by Gasteiger charge is 2.24. The Bertz CT molecular complexity index is 445. The fraction of sp³-hybridized carbons (Fsp3) is 0.462. The summed E-state index contributed by atoms with van der Waals surface area (Å²) >= 11 is 5.87. The molecule has 18 heavy (non-hydrogen) atoms. The summed E-state index contributed by atoms with van der Waals surface area (Å²) in [7, 11) is 0. The first-order chi connectivity index (χ1) is 8.61. The van der Waals surface area contributed by atoms with Gasteiger partial charge in [0.05, 0.1) is 10.6 Å². The molecule has 1 N–H and O–H groups in total. The van der Waals surface area contributed by atoms with Crippen LogP contribution in [0.25, 0.3) is 0 Å². The van der Waals surface area contributed by atoms with Crippen LogP contribution in [0.2, 0.25) is 5.02 Å². The van der Waals surface area contributed by atoms with Crippen molar-refractivity contribution in [2.75, 3.05) is 19.7 Å². The zero-order valence-corrected chi connectivity index (χ0v) is 10.7. The molecular formula is C13H15ClFNO2. The van der Waals surface area contributed by atoms with Gasteiger partial charge in [-0.05, 0) is 37.0 Å². The number of piperidine rings is 1. The number of aliphatic hydroxyl groups excluding tert-OH is 1. The van der Waals surface area contributed by atoms with Crippen molar-refractivity contribution in [1.82, 2.24) is 4.90 Å². The molecule has 0 atom stereocenters. The van der Waals surface area contributed by atoms with E-state index < -0.39 is 5.82 Å². The standard InChI is InChI=1S/C13H15ClFNO2/c14-12-7-10(15)1-2-11(12)13(18)16-5-3-9(8-17)4-6-16/h1-2,7,9,17H,3-6,8H2. The first-order valence-corrected chi connectivity index (χ1v) is 6.35. The maximum atomic E-state index is 12.9. The van der Waals surface area contributed by atoms with Crippen LogP contribution in [0.3, 0.4) is 0 Å². The number of halogens is 2. The highest BCUT2D eigenvalue weighted by molar-refractivity contribution is 6.33. The van der Waals surface area contributed by atoms with Gasteiger partial charge in [-0.15, -0.1) is 0 Å². The maximum Gasteiger partial charge on any atom is 0.255 e. The predicted octanol–water partition coefficient (Wildman–Crippen LogP) is 2.32. The summed E-state index contributed by atoms with van der Waals surface area (Å²) in [5.74, 6) is -0.343. The van der Waals surface area contributed by atoms with E-state index in [0.717, 1.165) is 18.9 Å². The van der Waals surface area contributed by atoms with Gasteiger partial charge in [-0.3, -0.25) is 4.79 Å². The average Bonchev–Trinajstić information content (AvgIpc) is 2.38. The van der Waals surface area contributed by atoms with Crippen LogP contribution in [0.4, 0.5) is 4.39 Å². The van der Waals surface area contributed by atoms with E-state index in [9.17, 15) is 9.18 Å².